The zero-order valence-electron chi connectivity index (χ0n) is 24.7. The molecule has 44 heavy (non-hydrogen) atoms. The number of hydrogen-bond acceptors (Lipinski definition) is 6. The predicted molar refractivity (Wildman–Crippen MR) is 145 cm³/mol. The second kappa shape index (κ2) is 16.8. The van der Waals surface area contributed by atoms with E-state index in [9.17, 15) is 35.1 Å². The second-order valence-corrected chi connectivity index (χ2v) is 12.5. The van der Waals surface area contributed by atoms with Crippen molar-refractivity contribution in [3.63, 3.8) is 0 Å². The molecule has 2 aromatic carbocycles. The van der Waals surface area contributed by atoms with Gasteiger partial charge in [-0.05, 0) is 46.5 Å². The van der Waals surface area contributed by atoms with Gasteiger partial charge in [-0.1, -0.05) is 6.42 Å². The van der Waals surface area contributed by atoms with Crippen LogP contribution in [0.25, 0.3) is 11.1 Å². The Hall–Kier alpha value is -2.30. The summed E-state index contributed by atoms with van der Waals surface area (Å²) in [7, 11) is -2.73. The molecule has 1 fully saturated rings. The van der Waals surface area contributed by atoms with E-state index in [4.69, 9.17) is 22.8 Å². The fourth-order valence-corrected chi connectivity index (χ4v) is 7.23. The number of rotatable bonds is 20. The lowest BCUT2D eigenvalue weighted by molar-refractivity contribution is 0.0656. The van der Waals surface area contributed by atoms with Gasteiger partial charge in [-0.2, -0.15) is 8.78 Å². The highest BCUT2D eigenvalue weighted by Crippen LogP contribution is 2.43. The molecule has 6 nitrogen and oxygen atoms in total. The summed E-state index contributed by atoms with van der Waals surface area (Å²) in [5, 5.41) is 0. The number of epoxide rings is 1. The Balaban J connectivity index is 1.49. The average Bonchev–Trinajstić information content (AvgIpc) is 3.83. The Morgan fingerprint density at radius 2 is 1.02 bits per heavy atom. The molecule has 0 bridgehead atoms. The highest BCUT2D eigenvalue weighted by atomic mass is 28.4. The van der Waals surface area contributed by atoms with Crippen molar-refractivity contribution in [3.05, 3.63) is 52.1 Å². The Kier molecular flexibility index (Phi) is 13.8. The van der Waals surface area contributed by atoms with Gasteiger partial charge in [0.25, 0.3) is 0 Å². The Bertz CT molecular complexity index is 1190. The molecule has 1 unspecified atom stereocenters. The molecule has 248 valence electrons. The summed E-state index contributed by atoms with van der Waals surface area (Å²) in [5.74, 6) is -18.6. The third-order valence-corrected chi connectivity index (χ3v) is 9.87. The van der Waals surface area contributed by atoms with Crippen LogP contribution < -0.4 is 4.74 Å². The summed E-state index contributed by atoms with van der Waals surface area (Å²) in [6, 6.07) is 0.620. The average molecular weight is 661 g/mol. The van der Waals surface area contributed by atoms with Gasteiger partial charge >= 0.3 is 8.80 Å². The maximum atomic E-state index is 14.8. The van der Waals surface area contributed by atoms with Crippen LogP contribution in [0.4, 0.5) is 35.1 Å². The van der Waals surface area contributed by atoms with E-state index in [0.29, 0.717) is 64.8 Å². The first kappa shape index (κ1) is 36.2. The fourth-order valence-electron chi connectivity index (χ4n) is 4.65. The molecule has 1 aliphatic heterocycles. The van der Waals surface area contributed by atoms with Crippen LogP contribution in [0.15, 0.2) is 0 Å². The van der Waals surface area contributed by atoms with E-state index in [1.165, 1.54) is 0 Å². The van der Waals surface area contributed by atoms with Crippen LogP contribution in [-0.2, 0) is 22.8 Å². The summed E-state index contributed by atoms with van der Waals surface area (Å²) < 4.78 is 149. The molecule has 1 saturated heterocycles. The lowest BCUT2D eigenvalue weighted by Gasteiger charge is -2.28. The van der Waals surface area contributed by atoms with E-state index in [1.54, 1.807) is 0 Å². The molecule has 0 N–H and O–H groups in total. The summed E-state index contributed by atoms with van der Waals surface area (Å²) in [4.78, 5) is 0. The molecular weight excluding hydrogens is 624 g/mol. The molecule has 0 aromatic heterocycles. The van der Waals surface area contributed by atoms with Crippen molar-refractivity contribution < 1.29 is 62.6 Å². The third-order valence-electron chi connectivity index (χ3n) is 6.72. The Morgan fingerprint density at radius 3 is 1.48 bits per heavy atom. The molecule has 3 rings (SSSR count). The van der Waals surface area contributed by atoms with E-state index in [0.717, 1.165) is 0 Å². The normalized spacial score (nSPS) is 14.8. The van der Waals surface area contributed by atoms with Crippen molar-refractivity contribution in [3.8, 4) is 16.9 Å². The quantitative estimate of drug-likeness (QED) is 0.0473. The first-order chi connectivity index (χ1) is 21.0. The van der Waals surface area contributed by atoms with Gasteiger partial charge in [-0.15, -0.1) is 0 Å². The van der Waals surface area contributed by atoms with Gasteiger partial charge in [-0.3, -0.25) is 0 Å². The molecule has 0 spiro atoms. The zero-order chi connectivity index (χ0) is 32.4. The van der Waals surface area contributed by atoms with E-state index < -0.39 is 83.9 Å². The molecule has 1 atom stereocenters. The maximum absolute atomic E-state index is 14.8. The number of benzene rings is 2. The van der Waals surface area contributed by atoms with Crippen LogP contribution in [0, 0.1) is 46.5 Å². The van der Waals surface area contributed by atoms with Crippen molar-refractivity contribution in [1.29, 1.82) is 0 Å². The highest BCUT2D eigenvalue weighted by molar-refractivity contribution is 6.60. The summed E-state index contributed by atoms with van der Waals surface area (Å²) in [6.07, 6.45) is 1.49. The van der Waals surface area contributed by atoms with Crippen LogP contribution in [0.3, 0.4) is 0 Å². The molecule has 1 heterocycles. The number of unbranched alkanes of at least 4 members (excludes halogenated alkanes) is 3. The molecule has 0 amide bonds. The summed E-state index contributed by atoms with van der Waals surface area (Å²) in [5.41, 5.74) is -4.99. The van der Waals surface area contributed by atoms with Crippen molar-refractivity contribution in [2.45, 2.75) is 65.0 Å². The van der Waals surface area contributed by atoms with E-state index in [1.807, 2.05) is 20.8 Å². The Morgan fingerprint density at radius 1 is 0.591 bits per heavy atom. The number of halogens is 8. The van der Waals surface area contributed by atoms with Gasteiger partial charge in [0.2, 0.25) is 11.6 Å². The standard InChI is InChI=1S/C29H36F8O6Si/c1-4-41-44(42-5-2,43-6-3)15-11-13-38-12-9-7-8-10-14-39-29-27(36)25(34)20(26(35)28(29)37)19-23(32)21(30)18(17-16-40-17)22(31)24(19)33/h17H,4-16H2,1-3H3. The van der Waals surface area contributed by atoms with Crippen LogP contribution in [-0.4, -0.2) is 55.1 Å². The summed E-state index contributed by atoms with van der Waals surface area (Å²) in [6.45, 7) is 7.45. The topological polar surface area (TPSA) is 58.7 Å². The monoisotopic (exact) mass is 660 g/mol. The predicted octanol–water partition coefficient (Wildman–Crippen LogP) is 7.93. The minimum absolute atomic E-state index is 0.236. The van der Waals surface area contributed by atoms with Gasteiger partial charge < -0.3 is 27.5 Å². The zero-order valence-corrected chi connectivity index (χ0v) is 25.7. The molecule has 0 radical (unpaired) electrons. The molecule has 0 aliphatic carbocycles. The van der Waals surface area contributed by atoms with Gasteiger partial charge in [0.15, 0.2) is 40.7 Å². The van der Waals surface area contributed by atoms with Crippen LogP contribution in [0.5, 0.6) is 5.75 Å². The summed E-state index contributed by atoms with van der Waals surface area (Å²) >= 11 is 0. The third kappa shape index (κ3) is 8.49. The molecule has 0 saturated carbocycles. The highest BCUT2D eigenvalue weighted by Gasteiger charge is 2.40. The molecule has 15 heteroatoms. The Labute approximate surface area is 251 Å². The lowest BCUT2D eigenvalue weighted by Crippen LogP contribution is -2.46. The van der Waals surface area contributed by atoms with Gasteiger partial charge in [0.05, 0.1) is 29.9 Å². The first-order valence-electron chi connectivity index (χ1n) is 14.5. The SMILES string of the molecule is CCO[Si](CCCOCCCCCCOc1c(F)c(F)c(-c2c(F)c(F)c(C3CO3)c(F)c2F)c(F)c1F)(OCC)OCC. The largest absolute Gasteiger partial charge is 0.501 e. The van der Waals surface area contributed by atoms with Crippen molar-refractivity contribution >= 4 is 8.80 Å². The van der Waals surface area contributed by atoms with Gasteiger partial charge in [0.1, 0.15) is 6.10 Å². The van der Waals surface area contributed by atoms with Crippen LogP contribution in [0.2, 0.25) is 6.04 Å². The number of ether oxygens (including phenoxy) is 3. The van der Waals surface area contributed by atoms with Gasteiger partial charge in [-0.25, -0.2) is 26.3 Å². The second-order valence-electron chi connectivity index (χ2n) is 9.79. The van der Waals surface area contributed by atoms with Crippen LogP contribution >= 0.6 is 0 Å². The van der Waals surface area contributed by atoms with Crippen molar-refractivity contribution in [2.24, 2.45) is 0 Å². The fraction of sp³-hybridized carbons (Fsp3) is 0.586. The minimum atomic E-state index is -2.73. The van der Waals surface area contributed by atoms with Crippen LogP contribution in [0.1, 0.15) is 64.5 Å². The smallest absolute Gasteiger partial charge is 0.487 e. The van der Waals surface area contributed by atoms with Crippen molar-refractivity contribution in [2.75, 3.05) is 46.2 Å². The molecular formula is C29H36F8O6Si. The van der Waals surface area contributed by atoms with E-state index >= 15 is 0 Å². The van der Waals surface area contributed by atoms with Crippen molar-refractivity contribution in [1.82, 2.24) is 0 Å². The minimum Gasteiger partial charge on any atom is -0.487 e. The number of hydrogen-bond donors (Lipinski definition) is 0. The maximum Gasteiger partial charge on any atom is 0.501 e. The first-order valence-corrected chi connectivity index (χ1v) is 16.4. The lowest BCUT2D eigenvalue weighted by atomic mass is 9.98. The van der Waals surface area contributed by atoms with Gasteiger partial charge in [0, 0.05) is 39.1 Å². The van der Waals surface area contributed by atoms with E-state index in [2.05, 4.69) is 4.74 Å². The van der Waals surface area contributed by atoms with E-state index in [-0.39, 0.29) is 19.6 Å². The molecule has 1 aliphatic rings. The molecule has 2 aromatic rings.